The molecule has 0 bridgehead atoms. The molecule has 1 aliphatic carbocycles. The maximum atomic E-state index is 12.5. The zero-order chi connectivity index (χ0) is 18.8. The number of halogens is 1. The Balaban J connectivity index is 1.95. The van der Waals surface area contributed by atoms with Crippen LogP contribution in [0.15, 0.2) is 22.7 Å². The zero-order valence-electron chi connectivity index (χ0n) is 14.7. The van der Waals surface area contributed by atoms with Crippen molar-refractivity contribution < 1.29 is 23.9 Å². The van der Waals surface area contributed by atoms with Gasteiger partial charge in [0.1, 0.15) is 11.6 Å². The van der Waals surface area contributed by atoms with Gasteiger partial charge in [-0.3, -0.25) is 4.79 Å². The number of rotatable bonds is 3. The number of esters is 1. The molecule has 1 amide bonds. The lowest BCUT2D eigenvalue weighted by molar-refractivity contribution is -0.149. The molecule has 7 heteroatoms. The van der Waals surface area contributed by atoms with E-state index in [2.05, 4.69) is 21.2 Å². The molecule has 0 saturated carbocycles. The number of benzene rings is 1. The minimum atomic E-state index is -0.908. The second-order valence-corrected chi connectivity index (χ2v) is 7.91. The number of alkyl carbamates (subject to hydrolysis) is 1. The Morgan fingerprint density at radius 2 is 2.00 bits per heavy atom. The first-order valence-electron chi connectivity index (χ1n) is 8.09. The number of carbonyl (C=O) groups is 3. The van der Waals surface area contributed by atoms with E-state index in [1.54, 1.807) is 32.9 Å². The molecule has 1 aliphatic rings. The van der Waals surface area contributed by atoms with E-state index < -0.39 is 29.8 Å². The summed E-state index contributed by atoms with van der Waals surface area (Å²) in [6.45, 7) is 6.68. The molecule has 0 heterocycles. The first-order valence-corrected chi connectivity index (χ1v) is 8.89. The molecule has 25 heavy (non-hydrogen) atoms. The van der Waals surface area contributed by atoms with Crippen LogP contribution in [0, 0.1) is 0 Å². The largest absolute Gasteiger partial charge is 0.452 e. The molecular formula is C18H22BrNO5. The van der Waals surface area contributed by atoms with Gasteiger partial charge in [-0.2, -0.15) is 0 Å². The molecule has 136 valence electrons. The number of hydrogen-bond acceptors (Lipinski definition) is 5. The highest BCUT2D eigenvalue weighted by Crippen LogP contribution is 2.26. The minimum Gasteiger partial charge on any atom is -0.452 e. The summed E-state index contributed by atoms with van der Waals surface area (Å²) in [5.74, 6) is -0.878. The summed E-state index contributed by atoms with van der Waals surface area (Å²) in [6.07, 6.45) is -0.467. The molecule has 6 nitrogen and oxygen atoms in total. The van der Waals surface area contributed by atoms with Crippen LogP contribution in [-0.4, -0.2) is 35.6 Å². The second-order valence-electron chi connectivity index (χ2n) is 7.00. The van der Waals surface area contributed by atoms with E-state index in [9.17, 15) is 14.4 Å². The van der Waals surface area contributed by atoms with Gasteiger partial charge in [-0.25, -0.2) is 9.59 Å². The van der Waals surface area contributed by atoms with Gasteiger partial charge in [0.15, 0.2) is 6.10 Å². The smallest absolute Gasteiger partial charge is 0.408 e. The maximum Gasteiger partial charge on any atom is 0.408 e. The Labute approximate surface area is 155 Å². The first-order chi connectivity index (χ1) is 11.6. The van der Waals surface area contributed by atoms with Gasteiger partial charge >= 0.3 is 12.1 Å². The van der Waals surface area contributed by atoms with Crippen molar-refractivity contribution in [3.05, 3.63) is 33.8 Å². The van der Waals surface area contributed by atoms with Gasteiger partial charge in [0.05, 0.1) is 0 Å². The van der Waals surface area contributed by atoms with Gasteiger partial charge < -0.3 is 14.8 Å². The molecule has 0 radical (unpaired) electrons. The summed E-state index contributed by atoms with van der Waals surface area (Å²) in [5, 5.41) is 2.41. The molecule has 0 aliphatic heterocycles. The molecule has 0 fully saturated rings. The molecule has 0 saturated heterocycles. The Bertz CT molecular complexity index is 695. The van der Waals surface area contributed by atoms with Crippen molar-refractivity contribution in [3.63, 3.8) is 0 Å². The fourth-order valence-electron chi connectivity index (χ4n) is 2.50. The monoisotopic (exact) mass is 411 g/mol. The molecule has 0 aromatic heterocycles. The number of amides is 1. The lowest BCUT2D eigenvalue weighted by atomic mass is 9.88. The number of aryl methyl sites for hydroxylation is 1. The van der Waals surface area contributed by atoms with Crippen LogP contribution in [0.3, 0.4) is 0 Å². The van der Waals surface area contributed by atoms with E-state index >= 15 is 0 Å². The summed E-state index contributed by atoms with van der Waals surface area (Å²) in [6, 6.07) is 4.50. The topological polar surface area (TPSA) is 81.7 Å². The average molecular weight is 412 g/mol. The van der Waals surface area contributed by atoms with Crippen LogP contribution in [0.5, 0.6) is 0 Å². The zero-order valence-corrected chi connectivity index (χ0v) is 16.3. The highest BCUT2D eigenvalue weighted by Gasteiger charge is 2.32. The lowest BCUT2D eigenvalue weighted by Gasteiger charge is -2.25. The predicted octanol–water partition coefficient (Wildman–Crippen LogP) is 3.40. The van der Waals surface area contributed by atoms with Crippen molar-refractivity contribution in [1.29, 1.82) is 0 Å². The summed E-state index contributed by atoms with van der Waals surface area (Å²) < 4.78 is 11.3. The standard InChI is InChI=1S/C18H22BrNO5/c1-10(20-17(23)25-18(2,3)4)16(22)24-14-8-5-11-9-12(19)6-7-13(11)15(14)21/h6-7,9-10,14H,5,8H2,1-4H3,(H,20,23)/t10-,14?/m0/s1. The van der Waals surface area contributed by atoms with E-state index in [1.807, 2.05) is 6.07 Å². The third-order valence-corrected chi connectivity index (χ3v) is 4.14. The van der Waals surface area contributed by atoms with Gasteiger partial charge in [-0.1, -0.05) is 15.9 Å². The molecule has 1 aromatic carbocycles. The Morgan fingerprint density at radius 3 is 2.64 bits per heavy atom. The van der Waals surface area contributed by atoms with Crippen molar-refractivity contribution in [2.24, 2.45) is 0 Å². The molecule has 2 rings (SSSR count). The fraction of sp³-hybridized carbons (Fsp3) is 0.500. The number of Topliss-reactive ketones (excluding diaryl/α,β-unsaturated/α-hetero) is 1. The molecule has 1 unspecified atom stereocenters. The van der Waals surface area contributed by atoms with Crippen LogP contribution >= 0.6 is 15.9 Å². The normalized spacial score (nSPS) is 18.1. The van der Waals surface area contributed by atoms with Crippen molar-refractivity contribution in [2.45, 2.75) is 58.3 Å². The Kier molecular flexibility index (Phi) is 5.87. The minimum absolute atomic E-state index is 0.216. The summed E-state index contributed by atoms with van der Waals surface area (Å²) in [5.41, 5.74) is 0.844. The highest BCUT2D eigenvalue weighted by molar-refractivity contribution is 9.10. The number of nitrogens with one attached hydrogen (secondary N) is 1. The average Bonchev–Trinajstić information content (AvgIpc) is 2.47. The fourth-order valence-corrected chi connectivity index (χ4v) is 2.91. The highest BCUT2D eigenvalue weighted by atomic mass is 79.9. The molecular weight excluding hydrogens is 390 g/mol. The number of fused-ring (bicyclic) bond motifs is 1. The van der Waals surface area contributed by atoms with E-state index in [0.29, 0.717) is 18.4 Å². The Morgan fingerprint density at radius 1 is 1.32 bits per heavy atom. The molecule has 0 spiro atoms. The third-order valence-electron chi connectivity index (χ3n) is 3.65. The molecule has 1 N–H and O–H groups in total. The molecule has 1 aromatic rings. The SMILES string of the molecule is C[C@H](NC(=O)OC(C)(C)C)C(=O)OC1CCc2cc(Br)ccc2C1=O. The van der Waals surface area contributed by atoms with Crippen LogP contribution in [0.2, 0.25) is 0 Å². The Hall–Kier alpha value is -1.89. The van der Waals surface area contributed by atoms with E-state index in [-0.39, 0.29) is 5.78 Å². The summed E-state index contributed by atoms with van der Waals surface area (Å²) >= 11 is 3.38. The third kappa shape index (κ3) is 5.29. The summed E-state index contributed by atoms with van der Waals surface area (Å²) in [7, 11) is 0. The van der Waals surface area contributed by atoms with E-state index in [4.69, 9.17) is 9.47 Å². The van der Waals surface area contributed by atoms with Crippen molar-refractivity contribution in [1.82, 2.24) is 5.32 Å². The van der Waals surface area contributed by atoms with E-state index in [1.165, 1.54) is 6.92 Å². The number of ketones is 1. The first kappa shape index (κ1) is 19.4. The van der Waals surface area contributed by atoms with Crippen LogP contribution in [0.4, 0.5) is 4.79 Å². The van der Waals surface area contributed by atoms with Gasteiger partial charge in [-0.05, 0) is 64.3 Å². The van der Waals surface area contributed by atoms with Crippen molar-refractivity contribution in [3.8, 4) is 0 Å². The van der Waals surface area contributed by atoms with Crippen molar-refractivity contribution >= 4 is 33.8 Å². The number of carbonyl (C=O) groups excluding carboxylic acids is 3. The van der Waals surface area contributed by atoms with Gasteiger partial charge in [0.2, 0.25) is 5.78 Å². The second kappa shape index (κ2) is 7.56. The predicted molar refractivity (Wildman–Crippen MR) is 95.5 cm³/mol. The van der Waals surface area contributed by atoms with Crippen LogP contribution < -0.4 is 5.32 Å². The quantitative estimate of drug-likeness (QED) is 0.770. The van der Waals surface area contributed by atoms with Gasteiger partial charge in [0, 0.05) is 10.0 Å². The van der Waals surface area contributed by atoms with Crippen LogP contribution in [0.1, 0.15) is 50.0 Å². The van der Waals surface area contributed by atoms with Crippen LogP contribution in [0.25, 0.3) is 0 Å². The van der Waals surface area contributed by atoms with Gasteiger partial charge in [0.25, 0.3) is 0 Å². The van der Waals surface area contributed by atoms with E-state index in [0.717, 1.165) is 10.0 Å². The van der Waals surface area contributed by atoms with Crippen molar-refractivity contribution in [2.75, 3.05) is 0 Å². The number of hydrogen-bond donors (Lipinski definition) is 1. The number of ether oxygens (including phenoxy) is 2. The molecule has 2 atom stereocenters. The maximum absolute atomic E-state index is 12.5. The summed E-state index contributed by atoms with van der Waals surface area (Å²) in [4.78, 5) is 36.4. The lowest BCUT2D eigenvalue weighted by Crippen LogP contribution is -2.44. The van der Waals surface area contributed by atoms with Crippen LogP contribution in [-0.2, 0) is 20.7 Å². The van der Waals surface area contributed by atoms with Gasteiger partial charge in [-0.15, -0.1) is 0 Å².